The number of hydrogen-bond acceptors (Lipinski definition) is 5. The monoisotopic (exact) mass is 435 g/mol. The van der Waals surface area contributed by atoms with Crippen LogP contribution in [0, 0.1) is 17.8 Å². The minimum absolute atomic E-state index is 0.0144. The van der Waals surface area contributed by atoms with Crippen molar-refractivity contribution in [3.05, 3.63) is 23.9 Å². The highest BCUT2D eigenvalue weighted by Crippen LogP contribution is 2.54. The molecular weight excluding hydrogens is 398 g/mol. The van der Waals surface area contributed by atoms with Crippen molar-refractivity contribution in [2.75, 3.05) is 13.2 Å². The van der Waals surface area contributed by atoms with Gasteiger partial charge in [0.1, 0.15) is 12.3 Å². The fraction of sp³-hybridized carbons (Fsp3) is 0.739. The molecule has 0 aromatic carbocycles. The number of ether oxygens (including phenoxy) is 1. The molecule has 1 N–H and O–H groups in total. The molecule has 2 aliphatic heterocycles. The first-order valence-corrected chi connectivity index (χ1v) is 14.0. The van der Waals surface area contributed by atoms with E-state index in [-0.39, 0.29) is 54.1 Å². The highest BCUT2D eigenvalue weighted by molar-refractivity contribution is 6.74. The Morgan fingerprint density at radius 3 is 2.60 bits per heavy atom. The molecule has 3 aliphatic rings. The number of fused-ring (bicyclic) bond motifs is 3. The van der Waals surface area contributed by atoms with E-state index in [1.54, 1.807) is 4.90 Å². The molecule has 0 unspecified atom stereocenters. The SMILES string of the molecule is C=CCOC(=O)C1=C2[C@@H](CO)CCC[C@@H]2[C@@H]2[C@@H]([C@@H](C)O[Si](C)(C)C(C)(C)C)C(=O)N12. The molecule has 1 saturated heterocycles. The van der Waals surface area contributed by atoms with E-state index in [4.69, 9.17) is 9.16 Å². The zero-order chi connectivity index (χ0) is 22.4. The van der Waals surface area contributed by atoms with Gasteiger partial charge in [-0.05, 0) is 43.5 Å². The van der Waals surface area contributed by atoms with Crippen LogP contribution in [0.4, 0.5) is 0 Å². The molecule has 0 aromatic rings. The van der Waals surface area contributed by atoms with Crippen molar-refractivity contribution in [1.82, 2.24) is 4.90 Å². The van der Waals surface area contributed by atoms with Gasteiger partial charge in [0.25, 0.3) is 0 Å². The van der Waals surface area contributed by atoms with Crippen LogP contribution in [0.25, 0.3) is 0 Å². The van der Waals surface area contributed by atoms with Gasteiger partial charge in [-0.1, -0.05) is 39.8 Å². The van der Waals surface area contributed by atoms with Crippen LogP contribution >= 0.6 is 0 Å². The number of nitrogens with zero attached hydrogens (tertiary/aromatic N) is 1. The van der Waals surface area contributed by atoms with E-state index in [2.05, 4.69) is 40.4 Å². The summed E-state index contributed by atoms with van der Waals surface area (Å²) < 4.78 is 11.9. The van der Waals surface area contributed by atoms with E-state index in [1.807, 2.05) is 6.92 Å². The van der Waals surface area contributed by atoms with Gasteiger partial charge < -0.3 is 19.2 Å². The predicted molar refractivity (Wildman–Crippen MR) is 118 cm³/mol. The molecule has 0 radical (unpaired) electrons. The Balaban J connectivity index is 1.90. The van der Waals surface area contributed by atoms with E-state index >= 15 is 0 Å². The summed E-state index contributed by atoms with van der Waals surface area (Å²) in [5.41, 5.74) is 1.28. The van der Waals surface area contributed by atoms with Crippen molar-refractivity contribution in [3.63, 3.8) is 0 Å². The summed E-state index contributed by atoms with van der Waals surface area (Å²) in [7, 11) is -2.03. The zero-order valence-electron chi connectivity index (χ0n) is 19.2. The van der Waals surface area contributed by atoms with Gasteiger partial charge in [0.2, 0.25) is 5.91 Å². The number of β-lactam (4-membered cyclic amide) rings is 1. The Morgan fingerprint density at radius 1 is 1.37 bits per heavy atom. The average molecular weight is 436 g/mol. The summed E-state index contributed by atoms with van der Waals surface area (Å²) in [4.78, 5) is 27.8. The fourth-order valence-electron chi connectivity index (χ4n) is 5.08. The highest BCUT2D eigenvalue weighted by atomic mass is 28.4. The molecule has 3 rings (SSSR count). The maximum atomic E-state index is 13.3. The molecule has 168 valence electrons. The van der Waals surface area contributed by atoms with Gasteiger partial charge in [-0.25, -0.2) is 4.79 Å². The molecule has 1 aliphatic carbocycles. The molecule has 0 spiro atoms. The number of carbonyl (C=O) groups excluding carboxylic acids is 2. The third kappa shape index (κ3) is 3.69. The van der Waals surface area contributed by atoms with Gasteiger partial charge in [-0.3, -0.25) is 4.79 Å². The van der Waals surface area contributed by atoms with Crippen molar-refractivity contribution < 1.29 is 23.9 Å². The van der Waals surface area contributed by atoms with Gasteiger partial charge >= 0.3 is 5.97 Å². The summed E-state index contributed by atoms with van der Waals surface area (Å²) >= 11 is 0. The number of amides is 1. The Hall–Kier alpha value is -1.44. The lowest BCUT2D eigenvalue weighted by Crippen LogP contribution is -2.65. The van der Waals surface area contributed by atoms with Crippen molar-refractivity contribution in [1.29, 1.82) is 0 Å². The van der Waals surface area contributed by atoms with Gasteiger partial charge in [0.05, 0.1) is 18.1 Å². The molecule has 6 nitrogen and oxygen atoms in total. The normalized spacial score (nSPS) is 29.8. The lowest BCUT2D eigenvalue weighted by Gasteiger charge is -2.51. The molecule has 2 fully saturated rings. The fourth-order valence-corrected chi connectivity index (χ4v) is 6.51. The lowest BCUT2D eigenvalue weighted by atomic mass is 9.69. The molecule has 2 heterocycles. The number of hydrogen-bond donors (Lipinski definition) is 1. The van der Waals surface area contributed by atoms with Gasteiger partial charge in [0.15, 0.2) is 8.32 Å². The van der Waals surface area contributed by atoms with Crippen LogP contribution in [0.5, 0.6) is 0 Å². The van der Waals surface area contributed by atoms with E-state index in [0.29, 0.717) is 5.70 Å². The zero-order valence-corrected chi connectivity index (χ0v) is 20.2. The molecule has 1 saturated carbocycles. The van der Waals surface area contributed by atoms with Crippen LogP contribution in [0.15, 0.2) is 23.9 Å². The molecule has 7 heteroatoms. The third-order valence-corrected chi connectivity index (χ3v) is 12.1. The number of aliphatic hydroxyl groups is 1. The number of aliphatic hydroxyl groups excluding tert-OH is 1. The minimum Gasteiger partial charge on any atom is -0.457 e. The van der Waals surface area contributed by atoms with Crippen LogP contribution in [0.1, 0.15) is 47.0 Å². The standard InChI is InChI=1S/C23H37NO5Si/c1-8-12-28-22(27)20-18-15(13-25)10-9-11-16(18)19-17(21(26)24(19)20)14(2)29-30(6,7)23(3,4)5/h8,14-17,19,25H,1,9-13H2,2-7H3/t14-,15-,16+,17-,19-/m1/s1. The third-order valence-electron chi connectivity index (χ3n) is 7.56. The second-order valence-electron chi connectivity index (χ2n) is 10.4. The smallest absolute Gasteiger partial charge is 0.355 e. The summed E-state index contributed by atoms with van der Waals surface area (Å²) in [6.07, 6.45) is 4.04. The van der Waals surface area contributed by atoms with Crippen LogP contribution in [-0.2, 0) is 18.8 Å². The van der Waals surface area contributed by atoms with E-state index in [0.717, 1.165) is 24.8 Å². The van der Waals surface area contributed by atoms with Gasteiger partial charge in [-0.2, -0.15) is 0 Å². The van der Waals surface area contributed by atoms with Crippen LogP contribution in [-0.4, -0.2) is 55.6 Å². The second kappa shape index (κ2) is 8.24. The first kappa shape index (κ1) is 23.2. The van der Waals surface area contributed by atoms with E-state index < -0.39 is 14.3 Å². The maximum absolute atomic E-state index is 13.3. The Labute approximate surface area is 181 Å². The van der Waals surface area contributed by atoms with Crippen molar-refractivity contribution in [2.45, 2.75) is 77.2 Å². The number of rotatable bonds is 7. The van der Waals surface area contributed by atoms with Crippen LogP contribution in [0.2, 0.25) is 18.1 Å². The second-order valence-corrected chi connectivity index (χ2v) is 15.2. The van der Waals surface area contributed by atoms with Crippen molar-refractivity contribution in [3.8, 4) is 0 Å². The predicted octanol–water partition coefficient (Wildman–Crippen LogP) is 3.63. The summed E-state index contributed by atoms with van der Waals surface area (Å²) in [5, 5.41) is 10.0. The number of esters is 1. The summed E-state index contributed by atoms with van der Waals surface area (Å²) in [5.74, 6) is -0.805. The molecule has 30 heavy (non-hydrogen) atoms. The Bertz CT molecular complexity index is 753. The topological polar surface area (TPSA) is 76.1 Å². The Kier molecular flexibility index (Phi) is 6.38. The lowest BCUT2D eigenvalue weighted by molar-refractivity contribution is -0.163. The largest absolute Gasteiger partial charge is 0.457 e. The average Bonchev–Trinajstić information content (AvgIpc) is 2.95. The van der Waals surface area contributed by atoms with E-state index in [9.17, 15) is 14.7 Å². The quantitative estimate of drug-likeness (QED) is 0.286. The van der Waals surface area contributed by atoms with Crippen LogP contribution in [0.3, 0.4) is 0 Å². The van der Waals surface area contributed by atoms with Gasteiger partial charge in [-0.15, -0.1) is 0 Å². The van der Waals surface area contributed by atoms with E-state index in [1.165, 1.54) is 6.08 Å². The molecule has 1 amide bonds. The van der Waals surface area contributed by atoms with Crippen molar-refractivity contribution in [2.24, 2.45) is 17.8 Å². The maximum Gasteiger partial charge on any atom is 0.355 e. The molecule has 5 atom stereocenters. The van der Waals surface area contributed by atoms with Crippen LogP contribution < -0.4 is 0 Å². The summed E-state index contributed by atoms with van der Waals surface area (Å²) in [6.45, 7) is 16.7. The molecular formula is C23H37NO5Si. The molecule has 0 bridgehead atoms. The van der Waals surface area contributed by atoms with Crippen molar-refractivity contribution >= 4 is 20.2 Å². The highest BCUT2D eigenvalue weighted by Gasteiger charge is 2.63. The first-order chi connectivity index (χ1) is 14.0. The van der Waals surface area contributed by atoms with Gasteiger partial charge in [0, 0.05) is 18.4 Å². The molecule has 0 aromatic heterocycles. The summed E-state index contributed by atoms with van der Waals surface area (Å²) in [6, 6.07) is -0.0760. The Morgan fingerprint density at radius 2 is 2.03 bits per heavy atom. The minimum atomic E-state index is -2.03. The first-order valence-electron chi connectivity index (χ1n) is 11.1. The number of carbonyl (C=O) groups is 2.